The summed E-state index contributed by atoms with van der Waals surface area (Å²) in [7, 11) is 0. The number of carbonyl (C=O) groups excluding carboxylic acids is 1. The highest BCUT2D eigenvalue weighted by atomic mass is 16.5. The number of unbranched alkanes of at least 4 members (excludes halogenated alkanes) is 3. The van der Waals surface area contributed by atoms with E-state index in [1.165, 1.54) is 12.8 Å². The molecule has 0 radical (unpaired) electrons. The summed E-state index contributed by atoms with van der Waals surface area (Å²) < 4.78 is 9.99. The highest BCUT2D eigenvalue weighted by molar-refractivity contribution is 5.69. The van der Waals surface area contributed by atoms with Crippen molar-refractivity contribution < 1.29 is 14.3 Å². The summed E-state index contributed by atoms with van der Waals surface area (Å²) in [6.45, 7) is 6.24. The van der Waals surface area contributed by atoms with Crippen molar-refractivity contribution >= 4 is 5.97 Å². The first-order valence-corrected chi connectivity index (χ1v) is 6.54. The molecule has 0 bridgehead atoms. The SMILES string of the molecule is CCCCCC#CC(C#COCC)OC(=O)CC. The average Bonchev–Trinajstić information content (AvgIpc) is 2.38. The maximum atomic E-state index is 11.2. The van der Waals surface area contributed by atoms with Crippen LogP contribution in [-0.2, 0) is 14.3 Å². The van der Waals surface area contributed by atoms with Gasteiger partial charge in [-0.25, -0.2) is 0 Å². The minimum absolute atomic E-state index is 0.298. The second-order valence-electron chi connectivity index (χ2n) is 3.68. The fourth-order valence-electron chi connectivity index (χ4n) is 1.11. The van der Waals surface area contributed by atoms with E-state index in [9.17, 15) is 4.79 Å². The van der Waals surface area contributed by atoms with Crippen molar-refractivity contribution in [3.05, 3.63) is 0 Å². The molecule has 0 fully saturated rings. The molecule has 0 aliphatic heterocycles. The zero-order chi connectivity index (χ0) is 13.6. The summed E-state index contributed by atoms with van der Waals surface area (Å²) in [5.41, 5.74) is 0. The summed E-state index contributed by atoms with van der Waals surface area (Å²) in [6.07, 6.45) is 6.34. The molecule has 0 heterocycles. The van der Waals surface area contributed by atoms with E-state index in [-0.39, 0.29) is 5.97 Å². The number of hydrogen-bond acceptors (Lipinski definition) is 3. The van der Waals surface area contributed by atoms with Crippen molar-refractivity contribution in [3.63, 3.8) is 0 Å². The van der Waals surface area contributed by atoms with Crippen molar-refractivity contribution in [2.24, 2.45) is 0 Å². The molecular formula is C15H22O3. The molecule has 0 saturated carbocycles. The maximum Gasteiger partial charge on any atom is 0.307 e. The maximum absolute atomic E-state index is 11.2. The number of rotatable bonds is 6. The van der Waals surface area contributed by atoms with E-state index in [2.05, 4.69) is 30.8 Å². The highest BCUT2D eigenvalue weighted by Crippen LogP contribution is 1.98. The summed E-state index contributed by atoms with van der Waals surface area (Å²) in [4.78, 5) is 11.2. The lowest BCUT2D eigenvalue weighted by Crippen LogP contribution is -2.14. The Bertz CT molecular complexity index is 338. The molecular weight excluding hydrogens is 228 g/mol. The Hall–Kier alpha value is -1.61. The van der Waals surface area contributed by atoms with Gasteiger partial charge in [-0.15, -0.1) is 0 Å². The van der Waals surface area contributed by atoms with Crippen LogP contribution in [0.4, 0.5) is 0 Å². The van der Waals surface area contributed by atoms with Crippen LogP contribution >= 0.6 is 0 Å². The molecule has 3 heteroatoms. The van der Waals surface area contributed by atoms with E-state index >= 15 is 0 Å². The molecule has 0 aromatic rings. The molecule has 0 aromatic carbocycles. The highest BCUT2D eigenvalue weighted by Gasteiger charge is 2.06. The fourth-order valence-corrected chi connectivity index (χ4v) is 1.11. The number of hydrogen-bond donors (Lipinski definition) is 0. The molecule has 1 atom stereocenters. The molecule has 0 rings (SSSR count). The van der Waals surface area contributed by atoms with Crippen LogP contribution in [-0.4, -0.2) is 18.7 Å². The van der Waals surface area contributed by atoms with Crippen LogP contribution in [0.5, 0.6) is 0 Å². The van der Waals surface area contributed by atoms with Crippen molar-refractivity contribution in [2.45, 2.75) is 59.0 Å². The first kappa shape index (κ1) is 16.4. The predicted octanol–water partition coefficient (Wildman–Crippen LogP) is 2.89. The Balaban J connectivity index is 4.28. The Morgan fingerprint density at radius 1 is 1.17 bits per heavy atom. The van der Waals surface area contributed by atoms with Crippen molar-refractivity contribution in [1.82, 2.24) is 0 Å². The normalized spacial score (nSPS) is 10.4. The Kier molecular flexibility index (Phi) is 10.8. The van der Waals surface area contributed by atoms with Crippen molar-refractivity contribution in [2.75, 3.05) is 6.61 Å². The zero-order valence-electron chi connectivity index (χ0n) is 11.5. The van der Waals surface area contributed by atoms with Gasteiger partial charge in [0.05, 0.1) is 6.61 Å². The smallest absolute Gasteiger partial charge is 0.307 e. The molecule has 0 aromatic heterocycles. The fraction of sp³-hybridized carbons (Fsp3) is 0.667. The first-order valence-electron chi connectivity index (χ1n) is 6.54. The molecule has 0 aliphatic carbocycles. The third-order valence-corrected chi connectivity index (χ3v) is 2.08. The van der Waals surface area contributed by atoms with Gasteiger partial charge in [0.25, 0.3) is 0 Å². The van der Waals surface area contributed by atoms with Crippen LogP contribution in [0.15, 0.2) is 0 Å². The molecule has 0 aliphatic rings. The van der Waals surface area contributed by atoms with Gasteiger partial charge in [-0.1, -0.05) is 32.6 Å². The molecule has 0 saturated heterocycles. The lowest BCUT2D eigenvalue weighted by atomic mass is 10.2. The van der Waals surface area contributed by atoms with Crippen LogP contribution in [0.3, 0.4) is 0 Å². The van der Waals surface area contributed by atoms with E-state index in [0.29, 0.717) is 13.0 Å². The van der Waals surface area contributed by atoms with Gasteiger partial charge in [-0.3, -0.25) is 4.79 Å². The van der Waals surface area contributed by atoms with Gasteiger partial charge >= 0.3 is 5.97 Å². The van der Waals surface area contributed by atoms with Crippen molar-refractivity contribution in [1.29, 1.82) is 0 Å². The minimum atomic E-state index is -0.675. The molecule has 0 amide bonds. The predicted molar refractivity (Wildman–Crippen MR) is 71.5 cm³/mol. The molecule has 100 valence electrons. The first-order chi connectivity index (χ1) is 8.74. The Morgan fingerprint density at radius 3 is 2.56 bits per heavy atom. The summed E-state index contributed by atoms with van der Waals surface area (Å²) >= 11 is 0. The van der Waals surface area contributed by atoms with E-state index in [4.69, 9.17) is 9.47 Å². The second kappa shape index (κ2) is 11.9. The molecule has 18 heavy (non-hydrogen) atoms. The van der Waals surface area contributed by atoms with Crippen LogP contribution in [0.2, 0.25) is 0 Å². The topological polar surface area (TPSA) is 35.5 Å². The number of ether oxygens (including phenoxy) is 2. The van der Waals surface area contributed by atoms with Gasteiger partial charge in [-0.2, -0.15) is 0 Å². The third kappa shape index (κ3) is 9.60. The minimum Gasteiger partial charge on any atom is -0.447 e. The van der Waals surface area contributed by atoms with Gasteiger partial charge in [0.15, 0.2) is 0 Å². The summed E-state index contributed by atoms with van der Waals surface area (Å²) in [5, 5.41) is 0. The molecule has 1 unspecified atom stereocenters. The van der Waals surface area contributed by atoms with Crippen molar-refractivity contribution in [3.8, 4) is 23.9 Å². The van der Waals surface area contributed by atoms with E-state index in [1.54, 1.807) is 6.92 Å². The van der Waals surface area contributed by atoms with Crippen LogP contribution in [0, 0.1) is 23.9 Å². The monoisotopic (exact) mass is 250 g/mol. The average molecular weight is 250 g/mol. The van der Waals surface area contributed by atoms with E-state index in [1.807, 2.05) is 6.92 Å². The number of carbonyl (C=O) groups is 1. The summed E-state index contributed by atoms with van der Waals surface area (Å²) in [5.74, 6) is 8.24. The van der Waals surface area contributed by atoms with Gasteiger partial charge in [0.1, 0.15) is 6.11 Å². The third-order valence-electron chi connectivity index (χ3n) is 2.08. The lowest BCUT2D eigenvalue weighted by Gasteiger charge is -2.04. The van der Waals surface area contributed by atoms with Gasteiger partial charge < -0.3 is 9.47 Å². The summed E-state index contributed by atoms with van der Waals surface area (Å²) in [6, 6.07) is 0. The van der Waals surface area contributed by atoms with E-state index in [0.717, 1.165) is 12.8 Å². The molecule has 0 spiro atoms. The molecule has 0 N–H and O–H groups in total. The second-order valence-corrected chi connectivity index (χ2v) is 3.68. The van der Waals surface area contributed by atoms with E-state index < -0.39 is 6.10 Å². The molecule has 3 nitrogen and oxygen atoms in total. The Labute approximate surface area is 110 Å². The van der Waals surface area contributed by atoms with Crippen LogP contribution in [0.25, 0.3) is 0 Å². The van der Waals surface area contributed by atoms with Gasteiger partial charge in [-0.05, 0) is 25.2 Å². The Morgan fingerprint density at radius 2 is 1.94 bits per heavy atom. The quantitative estimate of drug-likeness (QED) is 0.413. The lowest BCUT2D eigenvalue weighted by molar-refractivity contribution is -0.144. The van der Waals surface area contributed by atoms with Gasteiger partial charge in [0, 0.05) is 12.8 Å². The zero-order valence-corrected chi connectivity index (χ0v) is 11.5. The van der Waals surface area contributed by atoms with Crippen LogP contribution in [0.1, 0.15) is 52.9 Å². The van der Waals surface area contributed by atoms with Crippen LogP contribution < -0.4 is 0 Å². The van der Waals surface area contributed by atoms with Gasteiger partial charge in [0.2, 0.25) is 6.10 Å². The standard InChI is InChI=1S/C15H22O3/c1-4-7-8-9-10-11-14(12-13-17-6-3)18-15(16)5-2/h14H,4-9H2,1-3H3. The largest absolute Gasteiger partial charge is 0.447 e. The number of esters is 1.